The van der Waals surface area contributed by atoms with E-state index in [0.717, 1.165) is 36.8 Å². The van der Waals surface area contributed by atoms with Crippen LogP contribution in [0, 0.1) is 5.82 Å². The number of rotatable bonds is 8. The quantitative estimate of drug-likeness (QED) is 0.617. The van der Waals surface area contributed by atoms with E-state index in [1.54, 1.807) is 30.5 Å². The van der Waals surface area contributed by atoms with Gasteiger partial charge in [0.05, 0.1) is 16.6 Å². The van der Waals surface area contributed by atoms with Crippen molar-refractivity contribution in [1.29, 1.82) is 0 Å². The monoisotopic (exact) mass is 444 g/mol. The van der Waals surface area contributed by atoms with Gasteiger partial charge in [-0.1, -0.05) is 13.8 Å². The largest absolute Gasteiger partial charge is 0.376 e. The van der Waals surface area contributed by atoms with Crippen LogP contribution in [0.25, 0.3) is 0 Å². The Bertz CT molecular complexity index is 818. The third kappa shape index (κ3) is 4.95. The van der Waals surface area contributed by atoms with Crippen molar-refractivity contribution in [3.05, 3.63) is 29.6 Å². The summed E-state index contributed by atoms with van der Waals surface area (Å²) in [5.74, 6) is 0.606. The summed E-state index contributed by atoms with van der Waals surface area (Å²) in [5.41, 5.74) is -0.187. The molecule has 1 aromatic carbocycles. The van der Waals surface area contributed by atoms with Gasteiger partial charge in [-0.25, -0.2) is 12.8 Å². The van der Waals surface area contributed by atoms with E-state index in [2.05, 4.69) is 0 Å². The molecule has 2 aliphatic heterocycles. The van der Waals surface area contributed by atoms with Gasteiger partial charge in [-0.15, -0.1) is 0 Å². The molecule has 3 rings (SSSR count). The molecule has 0 N–H and O–H groups in total. The second-order valence-electron chi connectivity index (χ2n) is 7.34. The van der Waals surface area contributed by atoms with Crippen molar-refractivity contribution >= 4 is 27.7 Å². The van der Waals surface area contributed by atoms with Crippen molar-refractivity contribution in [2.45, 2.75) is 50.2 Å². The number of thioether (sulfide) groups is 1. The Morgan fingerprint density at radius 3 is 2.62 bits per heavy atom. The third-order valence-corrected chi connectivity index (χ3v) is 8.73. The number of nitrogens with zero attached hydrogens (tertiary/aromatic N) is 2. The summed E-state index contributed by atoms with van der Waals surface area (Å²) >= 11 is 1.77. The molecule has 162 valence electrons. The first-order valence-corrected chi connectivity index (χ1v) is 12.8. The number of amides is 1. The maximum Gasteiger partial charge on any atom is 0.257 e. The van der Waals surface area contributed by atoms with E-state index in [1.807, 2.05) is 0 Å². The molecule has 2 unspecified atom stereocenters. The summed E-state index contributed by atoms with van der Waals surface area (Å²) in [6, 6.07) is 3.52. The average molecular weight is 445 g/mol. The number of sulfonamides is 1. The summed E-state index contributed by atoms with van der Waals surface area (Å²) in [7, 11) is -3.77. The van der Waals surface area contributed by atoms with Crippen LogP contribution < -0.4 is 0 Å². The number of halogens is 1. The summed E-state index contributed by atoms with van der Waals surface area (Å²) < 4.78 is 47.3. The molecule has 2 aliphatic rings. The van der Waals surface area contributed by atoms with E-state index in [1.165, 1.54) is 16.4 Å². The third-order valence-electron chi connectivity index (χ3n) is 5.54. The Balaban J connectivity index is 1.92. The molecule has 0 bridgehead atoms. The number of carbonyl (C=O) groups excluding carboxylic acids is 1. The van der Waals surface area contributed by atoms with Crippen LogP contribution in [0.2, 0.25) is 0 Å². The number of carbonyl (C=O) groups is 1. The highest BCUT2D eigenvalue weighted by atomic mass is 32.2. The molecule has 0 aromatic heterocycles. The molecule has 2 fully saturated rings. The van der Waals surface area contributed by atoms with E-state index in [9.17, 15) is 17.6 Å². The zero-order valence-corrected chi connectivity index (χ0v) is 18.6. The minimum absolute atomic E-state index is 0.0131. The van der Waals surface area contributed by atoms with Gasteiger partial charge in [-0.3, -0.25) is 4.79 Å². The summed E-state index contributed by atoms with van der Waals surface area (Å²) in [6.45, 7) is 5.21. The number of hydrogen-bond acceptors (Lipinski definition) is 5. The topological polar surface area (TPSA) is 66.9 Å². The first-order valence-electron chi connectivity index (χ1n) is 10.2. The highest BCUT2D eigenvalue weighted by molar-refractivity contribution is 7.99. The lowest BCUT2D eigenvalue weighted by atomic mass is 10.1. The molecule has 2 atom stereocenters. The van der Waals surface area contributed by atoms with Gasteiger partial charge in [0.2, 0.25) is 10.0 Å². The van der Waals surface area contributed by atoms with Crippen LogP contribution in [0.15, 0.2) is 23.1 Å². The van der Waals surface area contributed by atoms with Gasteiger partial charge in [0, 0.05) is 38.0 Å². The van der Waals surface area contributed by atoms with Crippen molar-refractivity contribution in [2.75, 3.05) is 37.7 Å². The molecule has 2 heterocycles. The molecule has 1 amide bonds. The zero-order chi connectivity index (χ0) is 21.0. The van der Waals surface area contributed by atoms with Crippen molar-refractivity contribution < 1.29 is 22.3 Å². The summed E-state index contributed by atoms with van der Waals surface area (Å²) in [5, 5.41) is 0. The molecule has 0 saturated carbocycles. The Kier molecular flexibility index (Phi) is 7.58. The predicted molar refractivity (Wildman–Crippen MR) is 112 cm³/mol. The second-order valence-corrected chi connectivity index (χ2v) is 10.4. The van der Waals surface area contributed by atoms with Crippen LogP contribution in [-0.2, 0) is 14.8 Å². The Morgan fingerprint density at radius 2 is 2.03 bits per heavy atom. The summed E-state index contributed by atoms with van der Waals surface area (Å²) in [4.78, 5) is 15.0. The second kappa shape index (κ2) is 9.76. The molecular formula is C20H29FN2O4S2. The molecular weight excluding hydrogens is 415 g/mol. The normalized spacial score (nSPS) is 22.3. The van der Waals surface area contributed by atoms with E-state index in [4.69, 9.17) is 4.74 Å². The van der Waals surface area contributed by atoms with Gasteiger partial charge in [0.15, 0.2) is 0 Å². The highest BCUT2D eigenvalue weighted by Gasteiger charge is 2.33. The van der Waals surface area contributed by atoms with Crippen LogP contribution >= 0.6 is 11.8 Å². The molecule has 1 aromatic rings. The molecule has 0 radical (unpaired) electrons. The van der Waals surface area contributed by atoms with Crippen molar-refractivity contribution in [3.8, 4) is 0 Å². The Morgan fingerprint density at radius 1 is 1.28 bits per heavy atom. The van der Waals surface area contributed by atoms with Crippen molar-refractivity contribution in [3.63, 3.8) is 0 Å². The first kappa shape index (κ1) is 22.5. The predicted octanol–water partition coefficient (Wildman–Crippen LogP) is 2.98. The molecule has 2 saturated heterocycles. The van der Waals surface area contributed by atoms with Gasteiger partial charge in [0.25, 0.3) is 5.91 Å². The zero-order valence-electron chi connectivity index (χ0n) is 17.0. The van der Waals surface area contributed by atoms with Crippen LogP contribution in [0.3, 0.4) is 0 Å². The van der Waals surface area contributed by atoms with E-state index >= 15 is 0 Å². The van der Waals surface area contributed by atoms with Crippen LogP contribution in [0.5, 0.6) is 0 Å². The molecule has 0 spiro atoms. The summed E-state index contributed by atoms with van der Waals surface area (Å²) in [6.07, 6.45) is 2.64. The van der Waals surface area contributed by atoms with Crippen molar-refractivity contribution in [1.82, 2.24) is 9.21 Å². The fourth-order valence-corrected chi connectivity index (χ4v) is 6.58. The van der Waals surface area contributed by atoms with E-state index < -0.39 is 21.7 Å². The van der Waals surface area contributed by atoms with Crippen LogP contribution in [0.1, 0.15) is 43.5 Å². The maximum atomic E-state index is 14.6. The number of ether oxygens (including phenoxy) is 1. The highest BCUT2D eigenvalue weighted by Crippen LogP contribution is 2.27. The fourth-order valence-electron chi connectivity index (χ4n) is 3.87. The maximum absolute atomic E-state index is 14.6. The smallest absolute Gasteiger partial charge is 0.257 e. The number of hydrogen-bond donors (Lipinski definition) is 0. The van der Waals surface area contributed by atoms with Crippen LogP contribution in [-0.4, -0.2) is 73.4 Å². The molecule has 6 nitrogen and oxygen atoms in total. The average Bonchev–Trinajstić information content (AvgIpc) is 3.40. The molecule has 9 heteroatoms. The molecule has 0 aliphatic carbocycles. The lowest BCUT2D eigenvalue weighted by Crippen LogP contribution is -2.45. The van der Waals surface area contributed by atoms with Crippen LogP contribution in [0.4, 0.5) is 4.39 Å². The van der Waals surface area contributed by atoms with E-state index in [0.29, 0.717) is 26.2 Å². The van der Waals surface area contributed by atoms with E-state index in [-0.39, 0.29) is 22.6 Å². The van der Waals surface area contributed by atoms with Crippen molar-refractivity contribution in [2.24, 2.45) is 0 Å². The Hall–Kier alpha value is -1.16. The Labute approximate surface area is 176 Å². The standard InChI is InChI=1S/C20H29FN2O4S2/c1-3-22(4-2)29(25,26)17-7-8-19(21)18(12-17)20(24)23(15-9-11-28-14-15)13-16-6-5-10-27-16/h7-8,12,15-16H,3-6,9-11,13-14H2,1-2H3. The lowest BCUT2D eigenvalue weighted by Gasteiger charge is -2.31. The first-order chi connectivity index (χ1) is 13.9. The van der Waals surface area contributed by atoms with Gasteiger partial charge in [0.1, 0.15) is 5.82 Å². The van der Waals surface area contributed by atoms with Gasteiger partial charge in [-0.2, -0.15) is 16.1 Å². The number of benzene rings is 1. The van der Waals surface area contributed by atoms with Gasteiger partial charge >= 0.3 is 0 Å². The van der Waals surface area contributed by atoms with Gasteiger partial charge in [-0.05, 0) is 43.2 Å². The molecule has 29 heavy (non-hydrogen) atoms. The minimum atomic E-state index is -3.77. The van der Waals surface area contributed by atoms with Gasteiger partial charge < -0.3 is 9.64 Å². The fraction of sp³-hybridized carbons (Fsp3) is 0.650. The SMILES string of the molecule is CCN(CC)S(=O)(=O)c1ccc(F)c(C(=O)N(CC2CCCO2)C2CCSC2)c1. The lowest BCUT2D eigenvalue weighted by molar-refractivity contribution is 0.0438. The minimum Gasteiger partial charge on any atom is -0.376 e.